The van der Waals surface area contributed by atoms with Gasteiger partial charge in [-0.25, -0.2) is 0 Å². The second-order valence-corrected chi connectivity index (χ2v) is 6.38. The van der Waals surface area contributed by atoms with Gasteiger partial charge >= 0.3 is 6.18 Å². The Bertz CT molecular complexity index is 782. The minimum atomic E-state index is -4.52. The van der Waals surface area contributed by atoms with E-state index in [9.17, 15) is 22.8 Å². The molecule has 0 saturated carbocycles. The quantitative estimate of drug-likeness (QED) is 0.477. The van der Waals surface area contributed by atoms with Crippen molar-refractivity contribution in [2.75, 3.05) is 6.54 Å². The maximum absolute atomic E-state index is 12.8. The molecule has 0 unspecified atom stereocenters. The number of nitrogens with one attached hydrogen (secondary N) is 2. The number of halogens is 3. The third-order valence-corrected chi connectivity index (χ3v) is 4.21. The molecule has 4 nitrogen and oxygen atoms in total. The van der Waals surface area contributed by atoms with Gasteiger partial charge < -0.3 is 10.3 Å². The maximum Gasteiger partial charge on any atom is 0.416 e. The smallest absolute Gasteiger partial charge is 0.356 e. The van der Waals surface area contributed by atoms with Crippen molar-refractivity contribution < 1.29 is 22.8 Å². The first-order valence-corrected chi connectivity index (χ1v) is 9.01. The minimum absolute atomic E-state index is 0.0771. The highest BCUT2D eigenvalue weighted by Gasteiger charge is 2.31. The fourth-order valence-corrected chi connectivity index (χ4v) is 2.69. The molecule has 1 aromatic heterocycles. The van der Waals surface area contributed by atoms with E-state index in [1.807, 2.05) is 0 Å². The van der Waals surface area contributed by atoms with Crippen LogP contribution in [-0.2, 0) is 6.18 Å². The van der Waals surface area contributed by atoms with Gasteiger partial charge in [-0.3, -0.25) is 9.59 Å². The van der Waals surface area contributed by atoms with Gasteiger partial charge in [-0.1, -0.05) is 44.7 Å². The minimum Gasteiger partial charge on any atom is -0.356 e. The predicted octanol–water partition coefficient (Wildman–Crippen LogP) is 4.96. The topological polar surface area (TPSA) is 62.0 Å². The summed E-state index contributed by atoms with van der Waals surface area (Å²) in [6, 6.07) is 5.59. The number of hydrogen-bond acceptors (Lipinski definition) is 2. The van der Waals surface area contributed by atoms with Gasteiger partial charge in [-0.15, -0.1) is 0 Å². The molecule has 0 aliphatic heterocycles. The van der Waals surface area contributed by atoms with Crippen molar-refractivity contribution in [1.29, 1.82) is 0 Å². The predicted molar refractivity (Wildman–Crippen MR) is 96.8 cm³/mol. The van der Waals surface area contributed by atoms with E-state index in [4.69, 9.17) is 0 Å². The summed E-state index contributed by atoms with van der Waals surface area (Å²) in [6.45, 7) is 2.67. The third-order valence-electron chi connectivity index (χ3n) is 4.21. The first kappa shape index (κ1) is 20.7. The van der Waals surface area contributed by atoms with Crippen LogP contribution < -0.4 is 5.32 Å². The Morgan fingerprint density at radius 1 is 1.04 bits per heavy atom. The molecule has 2 aromatic rings. The second kappa shape index (κ2) is 9.39. The van der Waals surface area contributed by atoms with Crippen molar-refractivity contribution >= 4 is 11.7 Å². The molecule has 0 bridgehead atoms. The lowest BCUT2D eigenvalue weighted by atomic mass is 10.0. The zero-order chi connectivity index (χ0) is 19.9. The number of alkyl halides is 3. The summed E-state index contributed by atoms with van der Waals surface area (Å²) in [6.07, 6.45) is 2.18. The Kier molecular flexibility index (Phi) is 7.21. The summed E-state index contributed by atoms with van der Waals surface area (Å²) in [5, 5.41) is 2.77. The molecule has 0 radical (unpaired) electrons. The van der Waals surface area contributed by atoms with Crippen LogP contribution in [0.2, 0.25) is 0 Å². The van der Waals surface area contributed by atoms with Crippen LogP contribution in [0.4, 0.5) is 13.2 Å². The van der Waals surface area contributed by atoms with E-state index in [-0.39, 0.29) is 22.7 Å². The molecule has 7 heteroatoms. The van der Waals surface area contributed by atoms with Crippen LogP contribution >= 0.6 is 0 Å². The van der Waals surface area contributed by atoms with Gasteiger partial charge in [0.1, 0.15) is 5.69 Å². The lowest BCUT2D eigenvalue weighted by Gasteiger charge is -2.07. The lowest BCUT2D eigenvalue weighted by Crippen LogP contribution is -2.24. The number of aromatic nitrogens is 1. The van der Waals surface area contributed by atoms with Crippen LogP contribution in [0.5, 0.6) is 0 Å². The molecule has 0 aliphatic carbocycles. The van der Waals surface area contributed by atoms with Crippen molar-refractivity contribution in [3.8, 4) is 0 Å². The van der Waals surface area contributed by atoms with Crippen LogP contribution in [0.25, 0.3) is 0 Å². The molecule has 2 N–H and O–H groups in total. The van der Waals surface area contributed by atoms with Crippen LogP contribution in [0.1, 0.15) is 71.0 Å². The zero-order valence-corrected chi connectivity index (χ0v) is 15.2. The summed E-state index contributed by atoms with van der Waals surface area (Å²) in [5.74, 6) is -0.912. The van der Waals surface area contributed by atoms with E-state index in [1.54, 1.807) is 0 Å². The summed E-state index contributed by atoms with van der Waals surface area (Å²) in [7, 11) is 0. The fraction of sp³-hybridized carbons (Fsp3) is 0.400. The largest absolute Gasteiger partial charge is 0.416 e. The molecule has 0 fully saturated rings. The summed E-state index contributed by atoms with van der Waals surface area (Å²) in [5.41, 5.74) is -0.613. The Balaban J connectivity index is 1.96. The average Bonchev–Trinajstić information content (AvgIpc) is 3.13. The van der Waals surface area contributed by atoms with Gasteiger partial charge in [-0.2, -0.15) is 13.2 Å². The van der Waals surface area contributed by atoms with Gasteiger partial charge in [0.25, 0.3) is 5.91 Å². The van der Waals surface area contributed by atoms with Crippen LogP contribution in [0.3, 0.4) is 0 Å². The molecule has 2 rings (SSSR count). The Labute approximate surface area is 156 Å². The SMILES string of the molecule is CCCCCCCNC(=O)c1cc(C(=O)c2cccc(C(F)(F)F)c2)c[nH]1. The highest BCUT2D eigenvalue weighted by Crippen LogP contribution is 2.30. The molecule has 27 heavy (non-hydrogen) atoms. The molecule has 0 aliphatic rings. The van der Waals surface area contributed by atoms with Gasteiger partial charge in [0.05, 0.1) is 5.56 Å². The fourth-order valence-electron chi connectivity index (χ4n) is 2.69. The van der Waals surface area contributed by atoms with Crippen LogP contribution in [-0.4, -0.2) is 23.2 Å². The normalized spacial score (nSPS) is 11.4. The maximum atomic E-state index is 12.8. The highest BCUT2D eigenvalue weighted by atomic mass is 19.4. The average molecular weight is 380 g/mol. The van der Waals surface area contributed by atoms with E-state index in [2.05, 4.69) is 17.2 Å². The van der Waals surface area contributed by atoms with Crippen LogP contribution in [0.15, 0.2) is 36.5 Å². The molecule has 1 heterocycles. The molecule has 0 spiro atoms. The second-order valence-electron chi connectivity index (χ2n) is 6.38. The van der Waals surface area contributed by atoms with E-state index >= 15 is 0 Å². The number of amides is 1. The first-order valence-electron chi connectivity index (χ1n) is 9.01. The number of unbranched alkanes of at least 4 members (excludes halogenated alkanes) is 4. The highest BCUT2D eigenvalue weighted by molar-refractivity contribution is 6.10. The Hall–Kier alpha value is -2.57. The number of rotatable bonds is 9. The van der Waals surface area contributed by atoms with E-state index in [0.29, 0.717) is 6.54 Å². The number of hydrogen-bond donors (Lipinski definition) is 2. The van der Waals surface area contributed by atoms with Crippen molar-refractivity contribution in [1.82, 2.24) is 10.3 Å². The first-order chi connectivity index (χ1) is 12.8. The van der Waals surface area contributed by atoms with Crippen LogP contribution in [0, 0.1) is 0 Å². The molecule has 0 saturated heterocycles. The van der Waals surface area contributed by atoms with Crippen molar-refractivity contribution in [3.63, 3.8) is 0 Å². The monoisotopic (exact) mass is 380 g/mol. The Morgan fingerprint density at radius 3 is 2.48 bits per heavy atom. The summed E-state index contributed by atoms with van der Waals surface area (Å²) < 4.78 is 38.4. The molecule has 0 atom stereocenters. The van der Waals surface area contributed by atoms with E-state index in [0.717, 1.165) is 37.8 Å². The van der Waals surface area contributed by atoms with Gasteiger partial charge in [0.15, 0.2) is 5.78 Å². The van der Waals surface area contributed by atoms with Crippen molar-refractivity contribution in [3.05, 3.63) is 58.9 Å². The van der Waals surface area contributed by atoms with E-state index in [1.165, 1.54) is 30.8 Å². The number of aromatic amines is 1. The molecular weight excluding hydrogens is 357 g/mol. The third kappa shape index (κ3) is 5.98. The molecular formula is C20H23F3N2O2. The number of carbonyl (C=O) groups is 2. The standard InChI is InChI=1S/C20H23F3N2O2/c1-2-3-4-5-6-10-24-19(27)17-12-15(13-25-17)18(26)14-8-7-9-16(11-14)20(21,22)23/h7-9,11-13,25H,2-6,10H2,1H3,(H,24,27). The Morgan fingerprint density at radius 2 is 1.78 bits per heavy atom. The molecule has 1 amide bonds. The number of H-pyrrole nitrogens is 1. The summed E-state index contributed by atoms with van der Waals surface area (Å²) >= 11 is 0. The number of carbonyl (C=O) groups excluding carboxylic acids is 2. The zero-order valence-electron chi connectivity index (χ0n) is 15.2. The van der Waals surface area contributed by atoms with Gasteiger partial charge in [0, 0.05) is 23.9 Å². The van der Waals surface area contributed by atoms with Crippen molar-refractivity contribution in [2.24, 2.45) is 0 Å². The van der Waals surface area contributed by atoms with Gasteiger partial charge in [0.2, 0.25) is 0 Å². The van der Waals surface area contributed by atoms with E-state index < -0.39 is 17.5 Å². The van der Waals surface area contributed by atoms with Crippen molar-refractivity contribution in [2.45, 2.75) is 45.2 Å². The lowest BCUT2D eigenvalue weighted by molar-refractivity contribution is -0.137. The molecule has 146 valence electrons. The van der Waals surface area contributed by atoms with Gasteiger partial charge in [-0.05, 0) is 24.6 Å². The number of benzene rings is 1. The summed E-state index contributed by atoms with van der Waals surface area (Å²) in [4.78, 5) is 27.2. The molecule has 1 aromatic carbocycles. The number of ketones is 1.